The van der Waals surface area contributed by atoms with Crippen molar-refractivity contribution in [2.24, 2.45) is 0 Å². The molecule has 1 aromatic rings. The van der Waals surface area contributed by atoms with Crippen LogP contribution in [0.4, 0.5) is 11.4 Å². The van der Waals surface area contributed by atoms with E-state index in [1.54, 1.807) is 12.1 Å². The molecule has 6 heteroatoms. The molecule has 0 aromatic heterocycles. The molecule has 1 aliphatic rings. The third-order valence-electron chi connectivity index (χ3n) is 5.58. The van der Waals surface area contributed by atoms with Gasteiger partial charge >= 0.3 is 10.3 Å². The largest absolute Gasteiger partial charge is 0.363 e. The Hall–Kier alpha value is -1.27. The second-order valence-corrected chi connectivity index (χ2v) is 9.27. The minimum atomic E-state index is -4.26. The molecular formula is C22H38N2O3S. The fraction of sp³-hybridized carbons (Fsp3) is 0.727. The van der Waals surface area contributed by atoms with Crippen LogP contribution in [0.1, 0.15) is 96.8 Å². The molecular weight excluding hydrogens is 372 g/mol. The first-order valence-electron chi connectivity index (χ1n) is 11.2. The van der Waals surface area contributed by atoms with Crippen LogP contribution in [0.3, 0.4) is 0 Å². The van der Waals surface area contributed by atoms with E-state index in [1.165, 1.54) is 70.6 Å². The van der Waals surface area contributed by atoms with Crippen molar-refractivity contribution in [3.05, 3.63) is 24.3 Å². The van der Waals surface area contributed by atoms with Crippen molar-refractivity contribution < 1.29 is 13.0 Å². The lowest BCUT2D eigenvalue weighted by molar-refractivity contribution is 0.467. The van der Waals surface area contributed by atoms with Crippen LogP contribution in [-0.4, -0.2) is 19.1 Å². The normalized spacial score (nSPS) is 16.2. The minimum absolute atomic E-state index is 0.389. The summed E-state index contributed by atoms with van der Waals surface area (Å²) < 4.78 is 34.3. The molecule has 2 rings (SSSR count). The Morgan fingerprint density at radius 2 is 1.36 bits per heavy atom. The van der Waals surface area contributed by atoms with Gasteiger partial charge in [-0.3, -0.25) is 4.55 Å². The van der Waals surface area contributed by atoms with Gasteiger partial charge < -0.3 is 5.32 Å². The number of nitrogens with one attached hydrogen (secondary N) is 1. The lowest BCUT2D eigenvalue weighted by Crippen LogP contribution is -2.40. The fourth-order valence-corrected chi connectivity index (χ4v) is 4.91. The summed E-state index contributed by atoms with van der Waals surface area (Å²) in [7, 11) is -4.26. The Labute approximate surface area is 171 Å². The molecule has 0 fully saturated rings. The molecule has 0 aliphatic carbocycles. The average molecular weight is 411 g/mol. The van der Waals surface area contributed by atoms with E-state index < -0.39 is 10.3 Å². The van der Waals surface area contributed by atoms with Crippen LogP contribution in [-0.2, 0) is 10.3 Å². The third kappa shape index (κ3) is 7.63. The van der Waals surface area contributed by atoms with E-state index in [1.807, 2.05) is 12.1 Å². The van der Waals surface area contributed by atoms with Crippen LogP contribution in [0.5, 0.6) is 0 Å². The maximum Gasteiger partial charge on any atom is 0.361 e. The van der Waals surface area contributed by atoms with Crippen molar-refractivity contribution in [2.75, 3.05) is 9.62 Å². The smallest absolute Gasteiger partial charge is 0.361 e. The molecule has 5 nitrogen and oxygen atoms in total. The number of anilines is 2. The van der Waals surface area contributed by atoms with Crippen LogP contribution in [0.2, 0.25) is 0 Å². The number of hydrogen-bond acceptors (Lipinski definition) is 3. The Bertz CT molecular complexity index is 664. The highest BCUT2D eigenvalue weighted by Gasteiger charge is 2.35. The molecule has 0 saturated heterocycles. The first-order chi connectivity index (χ1) is 13.5. The van der Waals surface area contributed by atoms with E-state index in [-0.39, 0.29) is 6.17 Å². The van der Waals surface area contributed by atoms with Crippen molar-refractivity contribution in [2.45, 2.75) is 103 Å². The highest BCUT2D eigenvalue weighted by Crippen LogP contribution is 2.37. The summed E-state index contributed by atoms with van der Waals surface area (Å²) in [4.78, 5) is 0. The molecule has 1 unspecified atom stereocenters. The summed E-state index contributed by atoms with van der Waals surface area (Å²) in [5.41, 5.74) is 1.30. The van der Waals surface area contributed by atoms with Crippen LogP contribution in [0.25, 0.3) is 0 Å². The Balaban J connectivity index is 1.54. The van der Waals surface area contributed by atoms with Crippen molar-refractivity contribution >= 4 is 21.7 Å². The molecule has 0 bridgehead atoms. The molecule has 1 aromatic carbocycles. The van der Waals surface area contributed by atoms with Crippen molar-refractivity contribution in [3.8, 4) is 0 Å². The molecule has 160 valence electrons. The number of hydrogen-bond donors (Lipinski definition) is 2. The average Bonchev–Trinajstić information content (AvgIpc) is 3.04. The van der Waals surface area contributed by atoms with Gasteiger partial charge in [-0.1, -0.05) is 96.1 Å². The monoisotopic (exact) mass is 410 g/mol. The number of para-hydroxylation sites is 2. The highest BCUT2D eigenvalue weighted by atomic mass is 32.2. The quantitative estimate of drug-likeness (QED) is 0.255. The molecule has 2 N–H and O–H groups in total. The molecule has 0 spiro atoms. The second-order valence-electron chi connectivity index (χ2n) is 7.98. The van der Waals surface area contributed by atoms with Gasteiger partial charge in [-0.15, -0.1) is 0 Å². The first-order valence-corrected chi connectivity index (χ1v) is 12.6. The molecule has 0 radical (unpaired) electrons. The molecule has 1 aliphatic heterocycles. The summed E-state index contributed by atoms with van der Waals surface area (Å²) in [6, 6.07) is 7.21. The first kappa shape index (κ1) is 23.0. The van der Waals surface area contributed by atoms with Gasteiger partial charge in [-0.25, -0.2) is 4.31 Å². The molecule has 0 amide bonds. The number of benzene rings is 1. The zero-order valence-corrected chi connectivity index (χ0v) is 18.2. The summed E-state index contributed by atoms with van der Waals surface area (Å²) in [6.45, 7) is 2.26. The zero-order valence-electron chi connectivity index (χ0n) is 17.4. The predicted octanol–water partition coefficient (Wildman–Crippen LogP) is 6.53. The van der Waals surface area contributed by atoms with Crippen LogP contribution in [0.15, 0.2) is 24.3 Å². The van der Waals surface area contributed by atoms with Crippen LogP contribution >= 0.6 is 0 Å². The summed E-state index contributed by atoms with van der Waals surface area (Å²) in [5, 5.41) is 3.22. The molecule has 1 heterocycles. The van der Waals surface area contributed by atoms with E-state index in [9.17, 15) is 13.0 Å². The zero-order chi connectivity index (χ0) is 20.2. The third-order valence-corrected chi connectivity index (χ3v) is 6.52. The number of unbranched alkanes of at least 4 members (excludes halogenated alkanes) is 12. The minimum Gasteiger partial charge on any atom is -0.363 e. The number of nitrogens with zero attached hydrogens (tertiary/aromatic N) is 1. The SMILES string of the molecule is CCCCCCCCCCCCCCCC1Nc2ccccc2N1S(=O)(=O)O. The topological polar surface area (TPSA) is 69.6 Å². The van der Waals surface area contributed by atoms with E-state index in [0.717, 1.165) is 22.8 Å². The van der Waals surface area contributed by atoms with Crippen molar-refractivity contribution in [1.82, 2.24) is 0 Å². The molecule has 1 atom stereocenters. The van der Waals surface area contributed by atoms with Crippen molar-refractivity contribution in [3.63, 3.8) is 0 Å². The lowest BCUT2D eigenvalue weighted by atomic mass is 10.0. The number of rotatable bonds is 15. The Morgan fingerprint density at radius 3 is 1.89 bits per heavy atom. The van der Waals surface area contributed by atoms with E-state index >= 15 is 0 Å². The summed E-state index contributed by atoms with van der Waals surface area (Å²) in [6.07, 6.45) is 17.1. The lowest BCUT2D eigenvalue weighted by Gasteiger charge is -2.23. The number of fused-ring (bicyclic) bond motifs is 1. The van der Waals surface area contributed by atoms with Gasteiger partial charge in [0.15, 0.2) is 0 Å². The molecule has 0 saturated carbocycles. The maximum absolute atomic E-state index is 11.8. The van der Waals surface area contributed by atoms with E-state index in [0.29, 0.717) is 12.1 Å². The predicted molar refractivity (Wildman–Crippen MR) is 118 cm³/mol. The summed E-state index contributed by atoms with van der Waals surface area (Å²) in [5.74, 6) is 0. The van der Waals surface area contributed by atoms with Gasteiger partial charge in [0.2, 0.25) is 0 Å². The maximum atomic E-state index is 11.8. The van der Waals surface area contributed by atoms with Crippen LogP contribution < -0.4 is 9.62 Å². The van der Waals surface area contributed by atoms with Crippen LogP contribution in [0, 0.1) is 0 Å². The molecule has 28 heavy (non-hydrogen) atoms. The van der Waals surface area contributed by atoms with Gasteiger partial charge in [-0.05, 0) is 25.0 Å². The Kier molecular flexibility index (Phi) is 10.1. The van der Waals surface area contributed by atoms with Gasteiger partial charge in [0, 0.05) is 0 Å². The van der Waals surface area contributed by atoms with Gasteiger partial charge in [0.25, 0.3) is 0 Å². The Morgan fingerprint density at radius 1 is 0.857 bits per heavy atom. The van der Waals surface area contributed by atoms with E-state index in [2.05, 4.69) is 12.2 Å². The van der Waals surface area contributed by atoms with E-state index in [4.69, 9.17) is 0 Å². The standard InChI is InChI=1S/C22H38N2O3S/c1-2-3-4-5-6-7-8-9-10-11-12-13-14-19-22-23-20-17-15-16-18-21(20)24(22)28(25,26)27/h15-18,22-23H,2-14,19H2,1H3,(H,25,26,27). The van der Waals surface area contributed by atoms with Gasteiger partial charge in [0.05, 0.1) is 11.4 Å². The fourth-order valence-electron chi connectivity index (χ4n) is 4.02. The highest BCUT2D eigenvalue weighted by molar-refractivity contribution is 7.87. The van der Waals surface area contributed by atoms with Gasteiger partial charge in [-0.2, -0.15) is 8.42 Å². The van der Waals surface area contributed by atoms with Gasteiger partial charge in [0.1, 0.15) is 6.17 Å². The second kappa shape index (κ2) is 12.3. The summed E-state index contributed by atoms with van der Waals surface area (Å²) >= 11 is 0. The van der Waals surface area contributed by atoms with Crippen molar-refractivity contribution in [1.29, 1.82) is 0 Å².